The van der Waals surface area contributed by atoms with Crippen molar-refractivity contribution in [3.8, 4) is 0 Å². The van der Waals surface area contributed by atoms with Crippen LogP contribution in [0.4, 0.5) is 0 Å². The first-order valence-corrected chi connectivity index (χ1v) is 9.65. The third-order valence-corrected chi connectivity index (χ3v) is 4.91. The summed E-state index contributed by atoms with van der Waals surface area (Å²) < 4.78 is 1.78. The predicted octanol–water partition coefficient (Wildman–Crippen LogP) is 3.18. The third-order valence-electron chi connectivity index (χ3n) is 3.91. The van der Waals surface area contributed by atoms with Crippen LogP contribution in [0.15, 0.2) is 61.2 Å². The van der Waals surface area contributed by atoms with Gasteiger partial charge in [-0.25, -0.2) is 9.67 Å². The van der Waals surface area contributed by atoms with Gasteiger partial charge in [-0.2, -0.15) is 5.10 Å². The molecule has 0 fully saturated rings. The van der Waals surface area contributed by atoms with Crippen molar-refractivity contribution in [2.24, 2.45) is 0 Å². The second-order valence-corrected chi connectivity index (χ2v) is 7.15. The number of thioether (sulfide) groups is 1. The molecule has 1 amide bonds. The van der Waals surface area contributed by atoms with E-state index in [1.54, 1.807) is 22.8 Å². The standard InChI is InChI=1S/C20H22N4OS/c1-16-3-2-4-19(9-16)12-26-13-20(25)22-10-17-5-7-18(8-6-17)11-24-15-21-14-23-24/h2-9,14-15H,10-13H2,1H3,(H,22,25). The van der Waals surface area contributed by atoms with Gasteiger partial charge in [0.2, 0.25) is 5.91 Å². The van der Waals surface area contributed by atoms with Crippen molar-refractivity contribution in [2.75, 3.05) is 5.75 Å². The van der Waals surface area contributed by atoms with E-state index in [0.717, 1.165) is 16.9 Å². The lowest BCUT2D eigenvalue weighted by Crippen LogP contribution is -2.24. The van der Waals surface area contributed by atoms with Crippen LogP contribution in [0.25, 0.3) is 0 Å². The van der Waals surface area contributed by atoms with E-state index in [1.165, 1.54) is 17.5 Å². The SMILES string of the molecule is Cc1cccc(CSCC(=O)NCc2ccc(Cn3cncn3)cc2)c1. The molecule has 0 spiro atoms. The van der Waals surface area contributed by atoms with E-state index in [1.807, 2.05) is 12.1 Å². The summed E-state index contributed by atoms with van der Waals surface area (Å²) in [5.41, 5.74) is 4.74. The summed E-state index contributed by atoms with van der Waals surface area (Å²) in [6.45, 7) is 3.33. The lowest BCUT2D eigenvalue weighted by Gasteiger charge is -2.07. The van der Waals surface area contributed by atoms with E-state index in [9.17, 15) is 4.79 Å². The second-order valence-electron chi connectivity index (χ2n) is 6.17. The van der Waals surface area contributed by atoms with Crippen LogP contribution in [-0.2, 0) is 23.6 Å². The van der Waals surface area contributed by atoms with Crippen LogP contribution in [0, 0.1) is 6.92 Å². The largest absolute Gasteiger partial charge is 0.351 e. The molecule has 1 aromatic heterocycles. The third kappa shape index (κ3) is 5.74. The molecule has 3 aromatic rings. The van der Waals surface area contributed by atoms with Gasteiger partial charge in [0.1, 0.15) is 12.7 Å². The molecule has 0 bridgehead atoms. The Kier molecular flexibility index (Phi) is 6.44. The molecule has 1 heterocycles. The molecule has 0 saturated heterocycles. The molecule has 26 heavy (non-hydrogen) atoms. The molecule has 0 aliphatic carbocycles. The number of carbonyl (C=O) groups excluding carboxylic acids is 1. The van der Waals surface area contributed by atoms with Crippen LogP contribution in [0.5, 0.6) is 0 Å². The van der Waals surface area contributed by atoms with Gasteiger partial charge in [0.15, 0.2) is 0 Å². The molecule has 0 unspecified atom stereocenters. The summed E-state index contributed by atoms with van der Waals surface area (Å²) in [5, 5.41) is 7.07. The maximum Gasteiger partial charge on any atom is 0.230 e. The van der Waals surface area contributed by atoms with Crippen LogP contribution in [-0.4, -0.2) is 26.4 Å². The van der Waals surface area contributed by atoms with Crippen molar-refractivity contribution in [3.05, 3.63) is 83.4 Å². The number of nitrogens with zero attached hydrogens (tertiary/aromatic N) is 3. The minimum Gasteiger partial charge on any atom is -0.351 e. The first-order chi connectivity index (χ1) is 12.7. The Morgan fingerprint density at radius 1 is 1.12 bits per heavy atom. The van der Waals surface area contributed by atoms with Gasteiger partial charge >= 0.3 is 0 Å². The molecule has 0 aliphatic heterocycles. The molecule has 2 aromatic carbocycles. The Morgan fingerprint density at radius 3 is 2.65 bits per heavy atom. The molecule has 1 N–H and O–H groups in total. The summed E-state index contributed by atoms with van der Waals surface area (Å²) in [7, 11) is 0. The number of hydrogen-bond donors (Lipinski definition) is 1. The number of aryl methyl sites for hydroxylation is 1. The number of aromatic nitrogens is 3. The molecule has 6 heteroatoms. The van der Waals surface area contributed by atoms with Crippen molar-refractivity contribution in [2.45, 2.75) is 25.8 Å². The fourth-order valence-corrected chi connectivity index (χ4v) is 3.38. The van der Waals surface area contributed by atoms with Crippen molar-refractivity contribution in [1.29, 1.82) is 0 Å². The lowest BCUT2D eigenvalue weighted by molar-refractivity contribution is -0.118. The molecule has 3 rings (SSSR count). The Labute approximate surface area is 157 Å². The van der Waals surface area contributed by atoms with Crippen LogP contribution >= 0.6 is 11.8 Å². The summed E-state index contributed by atoms with van der Waals surface area (Å²) in [5.74, 6) is 1.39. The second kappa shape index (κ2) is 9.20. The van der Waals surface area contributed by atoms with Gasteiger partial charge in [0, 0.05) is 12.3 Å². The molecule has 0 aliphatic rings. The zero-order valence-electron chi connectivity index (χ0n) is 14.8. The van der Waals surface area contributed by atoms with Gasteiger partial charge in [-0.15, -0.1) is 11.8 Å². The van der Waals surface area contributed by atoms with Gasteiger partial charge in [-0.3, -0.25) is 4.79 Å². The minimum atomic E-state index is 0.0642. The van der Waals surface area contributed by atoms with E-state index in [2.05, 4.69) is 58.7 Å². The average Bonchev–Trinajstić information content (AvgIpc) is 3.14. The number of nitrogens with one attached hydrogen (secondary N) is 1. The summed E-state index contributed by atoms with van der Waals surface area (Å²) >= 11 is 1.64. The molecule has 134 valence electrons. The Balaban J connectivity index is 1.38. The zero-order chi connectivity index (χ0) is 18.2. The van der Waals surface area contributed by atoms with Gasteiger partial charge in [0.25, 0.3) is 0 Å². The Hall–Kier alpha value is -2.60. The van der Waals surface area contributed by atoms with Crippen LogP contribution < -0.4 is 5.32 Å². The molecular weight excluding hydrogens is 344 g/mol. The highest BCUT2D eigenvalue weighted by Crippen LogP contribution is 2.13. The van der Waals surface area contributed by atoms with E-state index in [-0.39, 0.29) is 5.91 Å². The van der Waals surface area contributed by atoms with E-state index < -0.39 is 0 Å². The van der Waals surface area contributed by atoms with Crippen LogP contribution in [0.3, 0.4) is 0 Å². The Bertz CT molecular complexity index is 831. The van der Waals surface area contributed by atoms with Crippen molar-refractivity contribution < 1.29 is 4.79 Å². The highest BCUT2D eigenvalue weighted by molar-refractivity contribution is 7.99. The van der Waals surface area contributed by atoms with Crippen LogP contribution in [0.2, 0.25) is 0 Å². The summed E-state index contributed by atoms with van der Waals surface area (Å²) in [4.78, 5) is 15.9. The fraction of sp³-hybridized carbons (Fsp3) is 0.250. The maximum atomic E-state index is 12.0. The topological polar surface area (TPSA) is 59.8 Å². The maximum absolute atomic E-state index is 12.0. The highest BCUT2D eigenvalue weighted by atomic mass is 32.2. The summed E-state index contributed by atoms with van der Waals surface area (Å²) in [6.07, 6.45) is 3.23. The molecule has 0 atom stereocenters. The number of rotatable bonds is 8. The normalized spacial score (nSPS) is 10.7. The van der Waals surface area contributed by atoms with Crippen molar-refractivity contribution >= 4 is 17.7 Å². The van der Waals surface area contributed by atoms with E-state index >= 15 is 0 Å². The molecular formula is C20H22N4OS. The van der Waals surface area contributed by atoms with E-state index in [4.69, 9.17) is 0 Å². The van der Waals surface area contributed by atoms with Crippen LogP contribution in [0.1, 0.15) is 22.3 Å². The van der Waals surface area contributed by atoms with Gasteiger partial charge in [-0.1, -0.05) is 54.1 Å². The number of hydrogen-bond acceptors (Lipinski definition) is 4. The predicted molar refractivity (Wildman–Crippen MR) is 105 cm³/mol. The zero-order valence-corrected chi connectivity index (χ0v) is 15.6. The van der Waals surface area contributed by atoms with Gasteiger partial charge < -0.3 is 5.32 Å². The monoisotopic (exact) mass is 366 g/mol. The van der Waals surface area contributed by atoms with Gasteiger partial charge in [0.05, 0.1) is 12.3 Å². The van der Waals surface area contributed by atoms with E-state index in [0.29, 0.717) is 18.8 Å². The first kappa shape index (κ1) is 18.2. The molecule has 0 saturated carbocycles. The summed E-state index contributed by atoms with van der Waals surface area (Å²) in [6, 6.07) is 16.6. The Morgan fingerprint density at radius 2 is 1.92 bits per heavy atom. The van der Waals surface area contributed by atoms with Crippen molar-refractivity contribution in [1.82, 2.24) is 20.1 Å². The molecule has 5 nitrogen and oxygen atoms in total. The number of carbonyl (C=O) groups is 1. The molecule has 0 radical (unpaired) electrons. The first-order valence-electron chi connectivity index (χ1n) is 8.49. The minimum absolute atomic E-state index is 0.0642. The quantitative estimate of drug-likeness (QED) is 0.665. The van der Waals surface area contributed by atoms with Gasteiger partial charge in [-0.05, 0) is 23.6 Å². The number of amides is 1. The average molecular weight is 366 g/mol. The fourth-order valence-electron chi connectivity index (χ4n) is 2.58. The smallest absolute Gasteiger partial charge is 0.230 e. The van der Waals surface area contributed by atoms with Crippen molar-refractivity contribution in [3.63, 3.8) is 0 Å². The number of benzene rings is 2. The highest BCUT2D eigenvalue weighted by Gasteiger charge is 2.03. The lowest BCUT2D eigenvalue weighted by atomic mass is 10.1.